The molecule has 0 radical (unpaired) electrons. The van der Waals surface area contributed by atoms with Crippen LogP contribution < -0.4 is 9.47 Å². The zero-order valence-corrected chi connectivity index (χ0v) is 15.7. The van der Waals surface area contributed by atoms with Crippen molar-refractivity contribution < 1.29 is 17.9 Å². The number of hydrogen-bond donors (Lipinski definition) is 0. The van der Waals surface area contributed by atoms with E-state index in [4.69, 9.17) is 32.7 Å². The Morgan fingerprint density at radius 3 is 2.21 bits per heavy atom. The maximum Gasteiger partial charge on any atom is 0.243 e. The van der Waals surface area contributed by atoms with E-state index in [9.17, 15) is 8.42 Å². The molecule has 0 aliphatic heterocycles. The van der Waals surface area contributed by atoms with E-state index in [0.717, 1.165) is 0 Å². The third kappa shape index (κ3) is 3.95. The Kier molecular flexibility index (Phi) is 5.98. The quantitative estimate of drug-likeness (QED) is 0.752. The largest absolute Gasteiger partial charge is 0.496 e. The molecule has 0 bridgehead atoms. The molecule has 0 saturated carbocycles. The molecule has 0 aliphatic carbocycles. The topological polar surface area (TPSA) is 55.8 Å². The van der Waals surface area contributed by atoms with Gasteiger partial charge in [0.25, 0.3) is 0 Å². The minimum Gasteiger partial charge on any atom is -0.496 e. The number of sulfonamides is 1. The lowest BCUT2D eigenvalue weighted by Crippen LogP contribution is -2.26. The van der Waals surface area contributed by atoms with Crippen LogP contribution in [0.3, 0.4) is 0 Å². The van der Waals surface area contributed by atoms with Gasteiger partial charge in [0.05, 0.1) is 24.1 Å². The van der Waals surface area contributed by atoms with E-state index >= 15 is 0 Å². The molecule has 130 valence electrons. The normalized spacial score (nSPS) is 11.6. The van der Waals surface area contributed by atoms with Crippen molar-refractivity contribution >= 4 is 33.2 Å². The van der Waals surface area contributed by atoms with E-state index in [1.807, 2.05) is 0 Å². The van der Waals surface area contributed by atoms with Crippen LogP contribution in [0.1, 0.15) is 5.56 Å². The summed E-state index contributed by atoms with van der Waals surface area (Å²) in [6, 6.07) is 9.38. The molecule has 0 atom stereocenters. The Labute approximate surface area is 151 Å². The number of hydrogen-bond acceptors (Lipinski definition) is 4. The molecule has 0 aliphatic rings. The van der Waals surface area contributed by atoms with Gasteiger partial charge in [0, 0.05) is 24.2 Å². The average molecular weight is 390 g/mol. The first-order valence-corrected chi connectivity index (χ1v) is 9.11. The van der Waals surface area contributed by atoms with Crippen LogP contribution in [0.15, 0.2) is 41.3 Å². The van der Waals surface area contributed by atoms with Crippen molar-refractivity contribution in [2.45, 2.75) is 11.4 Å². The fourth-order valence-corrected chi connectivity index (χ4v) is 3.88. The Morgan fingerprint density at radius 2 is 1.62 bits per heavy atom. The highest BCUT2D eigenvalue weighted by atomic mass is 35.5. The van der Waals surface area contributed by atoms with E-state index in [-0.39, 0.29) is 16.5 Å². The first-order valence-electron chi connectivity index (χ1n) is 6.92. The molecule has 0 unspecified atom stereocenters. The van der Waals surface area contributed by atoms with Crippen molar-refractivity contribution in [1.82, 2.24) is 4.31 Å². The van der Waals surface area contributed by atoms with Gasteiger partial charge in [0.2, 0.25) is 10.0 Å². The molecule has 0 fully saturated rings. The summed E-state index contributed by atoms with van der Waals surface area (Å²) in [5, 5.41) is 0.733. The van der Waals surface area contributed by atoms with Crippen LogP contribution in [0.5, 0.6) is 11.5 Å². The third-order valence-corrected chi connectivity index (χ3v) is 5.80. The van der Waals surface area contributed by atoms with Gasteiger partial charge in [0.1, 0.15) is 11.5 Å². The molecule has 0 spiro atoms. The van der Waals surface area contributed by atoms with E-state index in [1.54, 1.807) is 18.2 Å². The van der Waals surface area contributed by atoms with Crippen LogP contribution in [-0.2, 0) is 16.6 Å². The van der Waals surface area contributed by atoms with Gasteiger partial charge in [-0.15, -0.1) is 0 Å². The number of ether oxygens (including phenoxy) is 2. The number of nitrogens with zero attached hydrogens (tertiary/aromatic N) is 1. The summed E-state index contributed by atoms with van der Waals surface area (Å²) < 4.78 is 37.0. The number of methoxy groups -OCH3 is 2. The maximum atomic E-state index is 12.7. The minimum atomic E-state index is -3.73. The molecule has 2 aromatic carbocycles. The van der Waals surface area contributed by atoms with Gasteiger partial charge < -0.3 is 9.47 Å². The lowest BCUT2D eigenvalue weighted by atomic mass is 10.2. The molecule has 2 aromatic rings. The highest BCUT2D eigenvalue weighted by molar-refractivity contribution is 7.89. The summed E-state index contributed by atoms with van der Waals surface area (Å²) in [7, 11) is 0.736. The third-order valence-electron chi connectivity index (χ3n) is 3.47. The van der Waals surface area contributed by atoms with Gasteiger partial charge in [0.15, 0.2) is 0 Å². The molecule has 0 amide bonds. The molecule has 5 nitrogen and oxygen atoms in total. The molecule has 0 N–H and O–H groups in total. The van der Waals surface area contributed by atoms with Crippen LogP contribution in [0, 0.1) is 0 Å². The van der Waals surface area contributed by atoms with Gasteiger partial charge in [-0.2, -0.15) is 4.31 Å². The second-order valence-corrected chi connectivity index (χ2v) is 7.90. The van der Waals surface area contributed by atoms with Crippen molar-refractivity contribution in [2.24, 2.45) is 0 Å². The Morgan fingerprint density at radius 1 is 1.00 bits per heavy atom. The summed E-state index contributed by atoms with van der Waals surface area (Å²) >= 11 is 12.0. The fourth-order valence-electron chi connectivity index (χ4n) is 2.18. The van der Waals surface area contributed by atoms with Crippen LogP contribution in [0.2, 0.25) is 10.0 Å². The van der Waals surface area contributed by atoms with Gasteiger partial charge in [-0.1, -0.05) is 23.2 Å². The number of benzene rings is 2. The smallest absolute Gasteiger partial charge is 0.243 e. The summed E-state index contributed by atoms with van der Waals surface area (Å²) in [4.78, 5) is 0.0804. The Bertz CT molecular complexity index is 840. The lowest BCUT2D eigenvalue weighted by Gasteiger charge is -2.19. The van der Waals surface area contributed by atoms with Crippen molar-refractivity contribution in [3.63, 3.8) is 0 Å². The average Bonchev–Trinajstić information content (AvgIpc) is 2.54. The molecule has 0 heterocycles. The molecule has 8 heteroatoms. The standard InChI is InChI=1S/C16H17Cl2NO4S/c1-19(10-11-8-12(17)4-6-15(11)22-2)24(20,21)13-5-7-16(23-3)14(18)9-13/h4-9H,10H2,1-3H3. The molecule has 0 aromatic heterocycles. The molecule has 2 rings (SSSR count). The number of rotatable bonds is 6. The van der Waals surface area contributed by atoms with Crippen LogP contribution >= 0.6 is 23.2 Å². The van der Waals surface area contributed by atoms with Gasteiger partial charge in [-0.25, -0.2) is 8.42 Å². The Hall–Kier alpha value is -1.47. The number of halogens is 2. The fraction of sp³-hybridized carbons (Fsp3) is 0.250. The van der Waals surface area contributed by atoms with E-state index in [2.05, 4.69) is 0 Å². The maximum absolute atomic E-state index is 12.7. The summed E-state index contributed by atoms with van der Waals surface area (Å²) in [6.45, 7) is 0.107. The molecule has 0 saturated heterocycles. The molecule has 24 heavy (non-hydrogen) atoms. The van der Waals surface area contributed by atoms with Crippen molar-refractivity contribution in [3.05, 3.63) is 52.0 Å². The van der Waals surface area contributed by atoms with E-state index in [0.29, 0.717) is 22.1 Å². The zero-order chi connectivity index (χ0) is 17.9. The second kappa shape index (κ2) is 7.61. The molecular weight excluding hydrogens is 373 g/mol. The van der Waals surface area contributed by atoms with E-state index in [1.165, 1.54) is 43.8 Å². The van der Waals surface area contributed by atoms with Gasteiger partial charge in [-0.05, 0) is 36.4 Å². The first kappa shape index (κ1) is 18.9. The van der Waals surface area contributed by atoms with Crippen LogP contribution in [0.25, 0.3) is 0 Å². The molecular formula is C16H17Cl2NO4S. The summed E-state index contributed by atoms with van der Waals surface area (Å²) in [5.74, 6) is 0.976. The Balaban J connectivity index is 2.33. The van der Waals surface area contributed by atoms with Crippen molar-refractivity contribution in [1.29, 1.82) is 0 Å². The highest BCUT2D eigenvalue weighted by Gasteiger charge is 2.23. The van der Waals surface area contributed by atoms with Crippen LogP contribution in [-0.4, -0.2) is 34.0 Å². The van der Waals surface area contributed by atoms with E-state index < -0.39 is 10.0 Å². The predicted octanol–water partition coefficient (Wildman–Crippen LogP) is 3.83. The SMILES string of the molecule is COc1ccc(S(=O)(=O)N(C)Cc2cc(Cl)ccc2OC)cc1Cl. The minimum absolute atomic E-state index is 0.0804. The lowest BCUT2D eigenvalue weighted by molar-refractivity contribution is 0.398. The van der Waals surface area contributed by atoms with Gasteiger partial charge >= 0.3 is 0 Å². The monoisotopic (exact) mass is 389 g/mol. The second-order valence-electron chi connectivity index (χ2n) is 5.01. The van der Waals surface area contributed by atoms with Crippen LogP contribution in [0.4, 0.5) is 0 Å². The highest BCUT2D eigenvalue weighted by Crippen LogP contribution is 2.30. The summed E-state index contributed by atoms with van der Waals surface area (Å²) in [6.07, 6.45) is 0. The zero-order valence-electron chi connectivity index (χ0n) is 13.4. The van der Waals surface area contributed by atoms with Crippen molar-refractivity contribution in [3.8, 4) is 11.5 Å². The predicted molar refractivity (Wildman–Crippen MR) is 94.7 cm³/mol. The summed E-state index contributed by atoms with van der Waals surface area (Å²) in [5.41, 5.74) is 0.663. The van der Waals surface area contributed by atoms with Gasteiger partial charge in [-0.3, -0.25) is 0 Å². The van der Waals surface area contributed by atoms with Crippen molar-refractivity contribution in [2.75, 3.05) is 21.3 Å². The first-order chi connectivity index (χ1) is 11.3.